The van der Waals surface area contributed by atoms with Gasteiger partial charge in [0.1, 0.15) is 0 Å². The molecule has 148 valence electrons. The van der Waals surface area contributed by atoms with Gasteiger partial charge in [0.25, 0.3) is 0 Å². The molecule has 0 bridgehead atoms. The van der Waals surface area contributed by atoms with Crippen LogP contribution in [0.15, 0.2) is 54.6 Å². The van der Waals surface area contributed by atoms with Crippen molar-refractivity contribution >= 4 is 37.0 Å². The van der Waals surface area contributed by atoms with Crippen molar-refractivity contribution in [3.05, 3.63) is 60.3 Å². The second kappa shape index (κ2) is 16.1. The molecular formula is C22H27Cl2NOSiTi. The molecule has 0 atom stereocenters. The smallest absolute Gasteiger partial charge is 1.00 e. The summed E-state index contributed by atoms with van der Waals surface area (Å²) in [6.07, 6.45) is 5.47. The predicted octanol–water partition coefficient (Wildman–Crippen LogP) is 0.650. The Balaban J connectivity index is 0. The Kier molecular flexibility index (Phi) is 17.0. The molecule has 1 saturated carbocycles. The van der Waals surface area contributed by atoms with Crippen LogP contribution in [0.4, 0.5) is 0 Å². The zero-order valence-electron chi connectivity index (χ0n) is 16.5. The van der Waals surface area contributed by atoms with E-state index in [1.807, 2.05) is 0 Å². The van der Waals surface area contributed by atoms with Gasteiger partial charge in [0.2, 0.25) is 0 Å². The van der Waals surface area contributed by atoms with Crippen LogP contribution in [0.2, 0.25) is 13.1 Å². The SMILES string of the molecule is C[Si]C.[Cl-].[Cl-].[NH-]C(=O)C1CCCCC1.[Ti+4].c1ccc2c(c1)[cH-]c1ccccc12. The summed E-state index contributed by atoms with van der Waals surface area (Å²) in [4.78, 5) is 10.5. The van der Waals surface area contributed by atoms with Crippen LogP contribution in [-0.4, -0.2) is 15.4 Å². The quantitative estimate of drug-likeness (QED) is 0.382. The van der Waals surface area contributed by atoms with Crippen molar-refractivity contribution < 1.29 is 51.3 Å². The molecule has 2 radical (unpaired) electrons. The number of halogens is 2. The van der Waals surface area contributed by atoms with E-state index in [4.69, 9.17) is 5.73 Å². The molecule has 3 aromatic rings. The van der Waals surface area contributed by atoms with Crippen molar-refractivity contribution in [2.45, 2.75) is 45.2 Å². The van der Waals surface area contributed by atoms with E-state index in [0.717, 1.165) is 35.2 Å². The first-order valence-electron chi connectivity index (χ1n) is 9.04. The van der Waals surface area contributed by atoms with E-state index >= 15 is 0 Å². The van der Waals surface area contributed by atoms with E-state index in [0.29, 0.717) is 0 Å². The molecule has 0 saturated heterocycles. The minimum absolute atomic E-state index is 0. The molecule has 1 aliphatic carbocycles. The summed E-state index contributed by atoms with van der Waals surface area (Å²) < 4.78 is 0. The maximum absolute atomic E-state index is 10.5. The van der Waals surface area contributed by atoms with Crippen LogP contribution >= 0.6 is 0 Å². The van der Waals surface area contributed by atoms with Gasteiger partial charge in [0.15, 0.2) is 0 Å². The van der Waals surface area contributed by atoms with Gasteiger partial charge in [-0.15, -0.1) is 39.7 Å². The van der Waals surface area contributed by atoms with Gasteiger partial charge in [-0.1, -0.05) is 68.8 Å². The van der Waals surface area contributed by atoms with Gasteiger partial charge in [-0.05, 0) is 12.8 Å². The average Bonchev–Trinajstić information content (AvgIpc) is 3.02. The van der Waals surface area contributed by atoms with E-state index in [-0.39, 0.29) is 58.4 Å². The summed E-state index contributed by atoms with van der Waals surface area (Å²) in [5, 5.41) is 5.39. The molecule has 1 amide bonds. The second-order valence-electron chi connectivity index (χ2n) is 6.52. The van der Waals surface area contributed by atoms with Crippen molar-refractivity contribution in [3.8, 4) is 0 Å². The molecule has 0 heterocycles. The molecule has 4 rings (SSSR count). The fourth-order valence-corrected chi connectivity index (χ4v) is 3.27. The molecule has 1 aliphatic rings. The molecule has 3 aromatic carbocycles. The summed E-state index contributed by atoms with van der Waals surface area (Å²) in [6.45, 7) is 4.31. The van der Waals surface area contributed by atoms with Crippen molar-refractivity contribution in [2.75, 3.05) is 0 Å². The minimum Gasteiger partial charge on any atom is -1.00 e. The first kappa shape index (κ1) is 29.5. The maximum Gasteiger partial charge on any atom is 4.00 e. The summed E-state index contributed by atoms with van der Waals surface area (Å²) in [5.74, 6) is -0.270. The van der Waals surface area contributed by atoms with E-state index in [9.17, 15) is 4.79 Å². The van der Waals surface area contributed by atoms with Crippen LogP contribution in [-0.2, 0) is 26.5 Å². The normalized spacial score (nSPS) is 12.8. The van der Waals surface area contributed by atoms with Crippen molar-refractivity contribution in [3.63, 3.8) is 0 Å². The molecule has 6 heteroatoms. The van der Waals surface area contributed by atoms with Gasteiger partial charge in [-0.25, -0.2) is 0 Å². The number of carbonyl (C=O) groups is 1. The number of rotatable bonds is 1. The third-order valence-corrected chi connectivity index (χ3v) is 4.50. The Morgan fingerprint density at radius 1 is 0.893 bits per heavy atom. The molecule has 0 spiro atoms. The van der Waals surface area contributed by atoms with Gasteiger partial charge in [0.05, 0.1) is 5.91 Å². The number of nitrogens with one attached hydrogen (secondary N) is 1. The van der Waals surface area contributed by atoms with E-state index in [2.05, 4.69) is 67.7 Å². The zero-order valence-corrected chi connectivity index (χ0v) is 20.5. The number of hydrogen-bond acceptors (Lipinski definition) is 1. The van der Waals surface area contributed by atoms with Gasteiger partial charge >= 0.3 is 21.7 Å². The Labute approximate surface area is 198 Å². The van der Waals surface area contributed by atoms with E-state index in [1.54, 1.807) is 0 Å². The summed E-state index contributed by atoms with van der Waals surface area (Å²) in [6, 6.07) is 19.3. The Morgan fingerprint density at radius 3 is 1.64 bits per heavy atom. The van der Waals surface area contributed by atoms with Crippen LogP contribution in [0.5, 0.6) is 0 Å². The Hall–Kier alpha value is -0.709. The van der Waals surface area contributed by atoms with Crippen molar-refractivity contribution in [2.24, 2.45) is 5.92 Å². The molecular weight excluding hydrogens is 441 g/mol. The number of carbonyl (C=O) groups excluding carboxylic acids is 1. The maximum atomic E-state index is 10.5. The molecule has 1 fully saturated rings. The fraction of sp³-hybridized carbons (Fsp3) is 0.364. The average molecular weight is 468 g/mol. The van der Waals surface area contributed by atoms with Crippen molar-refractivity contribution in [1.29, 1.82) is 0 Å². The van der Waals surface area contributed by atoms with Crippen LogP contribution in [0, 0.1) is 5.92 Å². The number of hydrogen-bond donors (Lipinski definition) is 0. The molecule has 28 heavy (non-hydrogen) atoms. The first-order chi connectivity index (χ1) is 12.2. The summed E-state index contributed by atoms with van der Waals surface area (Å²) in [5.41, 5.74) is 6.83. The number of benzene rings is 2. The van der Waals surface area contributed by atoms with Crippen LogP contribution < -0.4 is 24.8 Å². The molecule has 2 nitrogen and oxygen atoms in total. The first-order valence-corrected chi connectivity index (χ1v) is 11.0. The minimum atomic E-state index is -0.352. The standard InChI is InChI=1S/C13H9.C7H13NO.C2H6Si.2ClH.Ti/c1-3-7-12-10(5-1)9-11-6-2-4-8-13(11)12;8-7(9)6-4-2-1-3-5-6;1-3-2;;;/h1-9H;6H,1-5H2,(H2,8,9);1-2H3;2*1H;/q-1;;;;;+4/p-3. The second-order valence-corrected chi connectivity index (χ2v) is 7.52. The number of fused-ring (bicyclic) bond motifs is 3. The predicted molar refractivity (Wildman–Crippen MR) is 110 cm³/mol. The molecule has 0 aliphatic heterocycles. The zero-order chi connectivity index (χ0) is 18.1. The van der Waals surface area contributed by atoms with Gasteiger partial charge in [-0.2, -0.15) is 0 Å². The third kappa shape index (κ3) is 8.75. The fourth-order valence-electron chi connectivity index (χ4n) is 3.27. The van der Waals surface area contributed by atoms with Crippen molar-refractivity contribution in [1.82, 2.24) is 0 Å². The molecule has 1 N–H and O–H groups in total. The number of amides is 1. The monoisotopic (exact) mass is 467 g/mol. The Morgan fingerprint density at radius 2 is 1.29 bits per heavy atom. The molecule has 0 unspecified atom stereocenters. The summed E-state index contributed by atoms with van der Waals surface area (Å²) in [7, 11) is 1.08. The largest absolute Gasteiger partial charge is 4.00 e. The summed E-state index contributed by atoms with van der Waals surface area (Å²) >= 11 is 0. The van der Waals surface area contributed by atoms with Crippen LogP contribution in [0.25, 0.3) is 27.3 Å². The third-order valence-electron chi connectivity index (χ3n) is 4.50. The van der Waals surface area contributed by atoms with Crippen LogP contribution in [0.1, 0.15) is 32.1 Å². The van der Waals surface area contributed by atoms with Crippen LogP contribution in [0.3, 0.4) is 0 Å². The molecule has 0 aromatic heterocycles. The van der Waals surface area contributed by atoms with Gasteiger partial charge < -0.3 is 35.3 Å². The van der Waals surface area contributed by atoms with E-state index < -0.39 is 0 Å². The van der Waals surface area contributed by atoms with E-state index in [1.165, 1.54) is 28.0 Å². The Bertz CT molecular complexity index is 753. The van der Waals surface area contributed by atoms with Gasteiger partial charge in [-0.3, -0.25) is 0 Å². The topological polar surface area (TPSA) is 40.9 Å². The van der Waals surface area contributed by atoms with Gasteiger partial charge in [0, 0.05) is 15.4 Å².